The van der Waals surface area contributed by atoms with Crippen molar-refractivity contribution >= 4 is 17.7 Å². The predicted molar refractivity (Wildman–Crippen MR) is 142 cm³/mol. The van der Waals surface area contributed by atoms with Crippen molar-refractivity contribution in [3.8, 4) is 0 Å². The first-order valence-corrected chi connectivity index (χ1v) is 13.9. The second kappa shape index (κ2) is 10.5. The lowest BCUT2D eigenvalue weighted by Crippen LogP contribution is -2.59. The summed E-state index contributed by atoms with van der Waals surface area (Å²) in [6.45, 7) is 15.6. The molecule has 10 atom stereocenters. The molecular formula is C30H46O8. The molecule has 0 heterocycles. The van der Waals surface area contributed by atoms with Crippen molar-refractivity contribution in [1.29, 1.82) is 0 Å². The van der Waals surface area contributed by atoms with Crippen molar-refractivity contribution in [3.05, 3.63) is 23.3 Å². The van der Waals surface area contributed by atoms with Crippen LogP contribution in [0.2, 0.25) is 0 Å². The van der Waals surface area contributed by atoms with Gasteiger partial charge in [-0.2, -0.15) is 0 Å². The Kier molecular flexibility index (Phi) is 8.44. The van der Waals surface area contributed by atoms with Crippen molar-refractivity contribution in [1.82, 2.24) is 0 Å². The van der Waals surface area contributed by atoms with E-state index in [0.29, 0.717) is 24.0 Å². The number of Topliss-reactive ketones (excluding diaryl/α,β-unsaturated/α-hetero) is 1. The van der Waals surface area contributed by atoms with Crippen LogP contribution in [0, 0.1) is 40.9 Å². The van der Waals surface area contributed by atoms with Crippen LogP contribution in [0.15, 0.2) is 23.3 Å². The number of rotatable bonds is 9. The van der Waals surface area contributed by atoms with Gasteiger partial charge in [0.05, 0.1) is 18.6 Å². The smallest absolute Gasteiger partial charge is 0.333 e. The third-order valence-corrected chi connectivity index (χ3v) is 9.89. The zero-order valence-corrected chi connectivity index (χ0v) is 24.3. The number of aliphatic hydroxyl groups is 3. The van der Waals surface area contributed by atoms with E-state index in [4.69, 9.17) is 9.47 Å². The minimum atomic E-state index is -2.10. The minimum absolute atomic E-state index is 0.134. The first-order valence-electron chi connectivity index (χ1n) is 13.9. The lowest BCUT2D eigenvalue weighted by atomic mass is 9.65. The molecule has 8 nitrogen and oxygen atoms in total. The van der Waals surface area contributed by atoms with Crippen LogP contribution in [-0.2, 0) is 23.9 Å². The van der Waals surface area contributed by atoms with Crippen LogP contribution in [-0.4, -0.2) is 63.1 Å². The third kappa shape index (κ3) is 4.66. The molecule has 0 bridgehead atoms. The molecule has 0 aliphatic heterocycles. The average molecular weight is 535 g/mol. The van der Waals surface area contributed by atoms with E-state index in [0.717, 1.165) is 0 Å². The number of fused-ring (bicyclic) bond motifs is 2. The van der Waals surface area contributed by atoms with E-state index in [9.17, 15) is 29.7 Å². The molecule has 0 spiro atoms. The van der Waals surface area contributed by atoms with Crippen LogP contribution in [0.4, 0.5) is 0 Å². The van der Waals surface area contributed by atoms with Crippen molar-refractivity contribution in [2.24, 2.45) is 40.9 Å². The number of ether oxygens (including phenoxy) is 2. The predicted octanol–water partition coefficient (Wildman–Crippen LogP) is 3.37. The molecule has 2 fully saturated rings. The van der Waals surface area contributed by atoms with Gasteiger partial charge in [-0.25, -0.2) is 4.79 Å². The normalized spacial score (nSPS) is 37.3. The maximum Gasteiger partial charge on any atom is 0.333 e. The third-order valence-electron chi connectivity index (χ3n) is 9.89. The molecule has 0 aromatic rings. The highest BCUT2D eigenvalue weighted by Crippen LogP contribution is 2.68. The maximum absolute atomic E-state index is 13.3. The number of carbonyl (C=O) groups is 3. The van der Waals surface area contributed by atoms with E-state index in [-0.39, 0.29) is 24.4 Å². The molecule has 0 aromatic carbocycles. The van der Waals surface area contributed by atoms with Crippen LogP contribution in [0.3, 0.4) is 0 Å². The van der Waals surface area contributed by atoms with E-state index >= 15 is 0 Å². The Morgan fingerprint density at radius 3 is 2.42 bits per heavy atom. The molecule has 214 valence electrons. The highest BCUT2D eigenvalue weighted by atomic mass is 16.6. The van der Waals surface area contributed by atoms with Gasteiger partial charge in [0, 0.05) is 22.8 Å². The van der Waals surface area contributed by atoms with Crippen molar-refractivity contribution in [2.75, 3.05) is 6.61 Å². The Labute approximate surface area is 226 Å². The highest BCUT2D eigenvalue weighted by Gasteiger charge is 2.74. The van der Waals surface area contributed by atoms with Gasteiger partial charge in [-0.1, -0.05) is 39.8 Å². The summed E-state index contributed by atoms with van der Waals surface area (Å²) in [7, 11) is 0. The van der Waals surface area contributed by atoms with Gasteiger partial charge in [0.15, 0.2) is 11.4 Å². The van der Waals surface area contributed by atoms with E-state index in [1.807, 2.05) is 20.8 Å². The number of hydrogen-bond acceptors (Lipinski definition) is 8. The SMILES string of the molecule is C/C=C(\C)C(=O)O[C@H]([C@@H](C)C1C(C)[C@@H]2C[C@]2(CO)[C@@H](O)[C@]2(O)C(=O)C(C)=C[C@@H]12)C(C)(C)OC(=O)C(C)CC. The monoisotopic (exact) mass is 534 g/mol. The van der Waals surface area contributed by atoms with E-state index < -0.39 is 64.3 Å². The van der Waals surface area contributed by atoms with E-state index in [1.165, 1.54) is 0 Å². The van der Waals surface area contributed by atoms with Gasteiger partial charge in [-0.3, -0.25) is 9.59 Å². The number of esters is 2. The molecule has 3 aliphatic carbocycles. The minimum Gasteiger partial charge on any atom is -0.455 e. The quantitative estimate of drug-likeness (QED) is 0.303. The Hall–Kier alpha value is -2.03. The molecule has 3 N–H and O–H groups in total. The number of aliphatic hydroxyl groups excluding tert-OH is 2. The molecule has 0 radical (unpaired) electrons. The Bertz CT molecular complexity index is 1030. The van der Waals surface area contributed by atoms with Crippen LogP contribution in [0.5, 0.6) is 0 Å². The van der Waals surface area contributed by atoms with Crippen LogP contribution in [0.25, 0.3) is 0 Å². The summed E-state index contributed by atoms with van der Waals surface area (Å²) in [6.07, 6.45) is 2.08. The van der Waals surface area contributed by atoms with Crippen molar-refractivity contribution in [2.45, 2.75) is 98.6 Å². The van der Waals surface area contributed by atoms with Crippen molar-refractivity contribution in [3.63, 3.8) is 0 Å². The second-order valence-electron chi connectivity index (χ2n) is 12.6. The fraction of sp³-hybridized carbons (Fsp3) is 0.767. The zero-order valence-electron chi connectivity index (χ0n) is 24.3. The van der Waals surface area contributed by atoms with Gasteiger partial charge in [0.1, 0.15) is 11.7 Å². The molecular weight excluding hydrogens is 488 g/mol. The summed E-state index contributed by atoms with van der Waals surface area (Å²) < 4.78 is 12.0. The largest absolute Gasteiger partial charge is 0.455 e. The Morgan fingerprint density at radius 1 is 1.29 bits per heavy atom. The lowest BCUT2D eigenvalue weighted by molar-refractivity contribution is -0.194. The zero-order chi connectivity index (χ0) is 29.0. The molecule has 0 amide bonds. The molecule has 3 rings (SSSR count). The Morgan fingerprint density at radius 2 is 1.89 bits per heavy atom. The fourth-order valence-corrected chi connectivity index (χ4v) is 7.13. The maximum atomic E-state index is 13.3. The van der Waals surface area contributed by atoms with Crippen LogP contribution in [0.1, 0.15) is 75.2 Å². The van der Waals surface area contributed by atoms with Gasteiger partial charge < -0.3 is 24.8 Å². The number of hydrogen-bond donors (Lipinski definition) is 3. The Balaban J connectivity index is 2.12. The van der Waals surface area contributed by atoms with E-state index in [1.54, 1.807) is 53.7 Å². The standard InChI is InChI=1S/C30H46O8/c1-10-15(3)25(33)37-24(28(8,9)38-26(34)16(4)11-2)19(7)22-18(6)21-13-29(21,14-31)27(35)30(36)20(22)12-17(5)23(30)32/h10,12,16,18-22,24,27,31,35-36H,11,13-14H2,1-9H3/b15-10+/t16?,18?,19-,20-,21-,22?,24+,27+,29+,30+/m0/s1. The summed E-state index contributed by atoms with van der Waals surface area (Å²) in [5.74, 6) is -3.80. The van der Waals surface area contributed by atoms with Gasteiger partial charge in [0.25, 0.3) is 0 Å². The fourth-order valence-electron chi connectivity index (χ4n) is 7.13. The summed E-state index contributed by atoms with van der Waals surface area (Å²) in [5.41, 5.74) is -3.54. The number of carbonyl (C=O) groups excluding carboxylic acids is 3. The second-order valence-corrected chi connectivity index (χ2v) is 12.6. The summed E-state index contributed by atoms with van der Waals surface area (Å²) in [5, 5.41) is 33.6. The average Bonchev–Trinajstić information content (AvgIpc) is 3.59. The lowest BCUT2D eigenvalue weighted by Gasteiger charge is -2.45. The number of allylic oxidation sites excluding steroid dienone is 1. The molecule has 2 saturated carbocycles. The highest BCUT2D eigenvalue weighted by molar-refractivity contribution is 6.05. The van der Waals surface area contributed by atoms with Gasteiger partial charge in [-0.15, -0.1) is 0 Å². The van der Waals surface area contributed by atoms with Gasteiger partial charge in [-0.05, 0) is 70.8 Å². The van der Waals surface area contributed by atoms with E-state index in [2.05, 4.69) is 0 Å². The summed E-state index contributed by atoms with van der Waals surface area (Å²) in [4.78, 5) is 39.2. The van der Waals surface area contributed by atoms with Gasteiger partial charge in [0.2, 0.25) is 0 Å². The van der Waals surface area contributed by atoms with Crippen molar-refractivity contribution < 1.29 is 39.2 Å². The molecule has 0 aromatic heterocycles. The van der Waals surface area contributed by atoms with Crippen LogP contribution >= 0.6 is 0 Å². The van der Waals surface area contributed by atoms with Gasteiger partial charge >= 0.3 is 11.9 Å². The topological polar surface area (TPSA) is 130 Å². The summed E-state index contributed by atoms with van der Waals surface area (Å²) in [6, 6.07) is 0. The molecule has 3 unspecified atom stereocenters. The first-order chi connectivity index (χ1) is 17.5. The molecule has 38 heavy (non-hydrogen) atoms. The summed E-state index contributed by atoms with van der Waals surface area (Å²) >= 11 is 0. The first kappa shape index (κ1) is 30.5. The molecule has 8 heteroatoms. The van der Waals surface area contributed by atoms with Crippen LogP contribution < -0.4 is 0 Å². The number of ketones is 1. The molecule has 3 aliphatic rings. The molecule has 0 saturated heterocycles.